The van der Waals surface area contributed by atoms with Gasteiger partial charge in [-0.3, -0.25) is 9.59 Å². The molecular weight excluding hydrogens is 358 g/mol. The Morgan fingerprint density at radius 1 is 1.07 bits per heavy atom. The van der Waals surface area contributed by atoms with Gasteiger partial charge in [-0.05, 0) is 44.9 Å². The summed E-state index contributed by atoms with van der Waals surface area (Å²) >= 11 is 0. The van der Waals surface area contributed by atoms with Gasteiger partial charge in [0.05, 0.1) is 13.0 Å². The molecule has 0 unspecified atom stereocenters. The molecule has 0 saturated carbocycles. The molecule has 1 aromatic carbocycles. The summed E-state index contributed by atoms with van der Waals surface area (Å²) in [4.78, 5) is 24.4. The molecule has 0 saturated heterocycles. The zero-order chi connectivity index (χ0) is 20.5. The molecule has 1 aromatic heterocycles. The highest BCUT2D eigenvalue weighted by atomic mass is 16.5. The second kappa shape index (κ2) is 10.7. The Morgan fingerprint density at radius 2 is 1.82 bits per heavy atom. The number of nitrogens with zero attached hydrogens (tertiary/aromatic N) is 1. The Labute approximate surface area is 166 Å². The summed E-state index contributed by atoms with van der Waals surface area (Å²) < 4.78 is 17.9. The number of ketones is 1. The molecule has 0 radical (unpaired) electrons. The number of ether oxygens (including phenoxy) is 3. The second-order valence-electron chi connectivity index (χ2n) is 6.73. The normalized spacial score (nSPS) is 10.7. The molecule has 0 aliphatic rings. The van der Waals surface area contributed by atoms with E-state index in [1.54, 1.807) is 7.11 Å². The fourth-order valence-corrected chi connectivity index (χ4v) is 3.05. The molecule has 6 nitrogen and oxygen atoms in total. The van der Waals surface area contributed by atoms with Crippen LogP contribution in [0.4, 0.5) is 0 Å². The van der Waals surface area contributed by atoms with Gasteiger partial charge in [-0.1, -0.05) is 18.2 Å². The molecule has 0 aliphatic heterocycles. The number of para-hydroxylation sites is 1. The molecule has 0 amide bonds. The minimum atomic E-state index is -0.448. The van der Waals surface area contributed by atoms with Crippen LogP contribution >= 0.6 is 0 Å². The number of aryl methyl sites for hydroxylation is 2. The van der Waals surface area contributed by atoms with E-state index in [2.05, 4.69) is 4.57 Å². The van der Waals surface area contributed by atoms with Crippen LogP contribution in [0.3, 0.4) is 0 Å². The Hall–Kier alpha value is -2.60. The largest absolute Gasteiger partial charge is 0.493 e. The van der Waals surface area contributed by atoms with Gasteiger partial charge >= 0.3 is 5.97 Å². The lowest BCUT2D eigenvalue weighted by Crippen LogP contribution is -2.17. The molecule has 152 valence electrons. The van der Waals surface area contributed by atoms with Gasteiger partial charge in [0, 0.05) is 37.2 Å². The topological polar surface area (TPSA) is 66.8 Å². The van der Waals surface area contributed by atoms with Gasteiger partial charge < -0.3 is 18.8 Å². The van der Waals surface area contributed by atoms with Crippen molar-refractivity contribution in [2.75, 3.05) is 26.9 Å². The maximum atomic E-state index is 12.5. The van der Waals surface area contributed by atoms with Crippen LogP contribution in [0.1, 0.15) is 40.2 Å². The van der Waals surface area contributed by atoms with Crippen molar-refractivity contribution < 1.29 is 23.8 Å². The van der Waals surface area contributed by atoms with Crippen LogP contribution in [-0.2, 0) is 20.8 Å². The van der Waals surface area contributed by atoms with Crippen molar-refractivity contribution in [2.24, 2.45) is 0 Å². The number of carbonyl (C=O) groups is 2. The summed E-state index contributed by atoms with van der Waals surface area (Å²) in [5, 5.41) is 0. The maximum Gasteiger partial charge on any atom is 0.309 e. The Bertz CT molecular complexity index is 809. The van der Waals surface area contributed by atoms with E-state index in [-0.39, 0.29) is 25.4 Å². The van der Waals surface area contributed by atoms with E-state index >= 15 is 0 Å². The molecule has 0 fully saturated rings. The van der Waals surface area contributed by atoms with Gasteiger partial charge in [-0.2, -0.15) is 0 Å². The molecule has 0 N–H and O–H groups in total. The van der Waals surface area contributed by atoms with Crippen LogP contribution in [-0.4, -0.2) is 43.3 Å². The highest BCUT2D eigenvalue weighted by Crippen LogP contribution is 2.17. The van der Waals surface area contributed by atoms with Crippen LogP contribution in [0.5, 0.6) is 5.75 Å². The summed E-state index contributed by atoms with van der Waals surface area (Å²) in [7, 11) is 1.67. The minimum absolute atomic E-state index is 0.0949. The van der Waals surface area contributed by atoms with Crippen molar-refractivity contribution in [2.45, 2.75) is 40.2 Å². The average Bonchev–Trinajstić information content (AvgIpc) is 2.96. The van der Waals surface area contributed by atoms with Crippen molar-refractivity contribution in [3.05, 3.63) is 52.8 Å². The first-order valence-corrected chi connectivity index (χ1v) is 9.47. The number of aromatic nitrogens is 1. The van der Waals surface area contributed by atoms with Crippen LogP contribution < -0.4 is 4.74 Å². The summed E-state index contributed by atoms with van der Waals surface area (Å²) in [6, 6.07) is 9.45. The Balaban J connectivity index is 1.80. The lowest BCUT2D eigenvalue weighted by Gasteiger charge is -2.10. The van der Waals surface area contributed by atoms with Crippen molar-refractivity contribution in [1.82, 2.24) is 4.57 Å². The van der Waals surface area contributed by atoms with Crippen LogP contribution in [0.15, 0.2) is 30.3 Å². The first kappa shape index (κ1) is 21.7. The number of methoxy groups -OCH3 is 1. The van der Waals surface area contributed by atoms with Gasteiger partial charge in [0.2, 0.25) is 5.78 Å². The maximum absolute atomic E-state index is 12.5. The van der Waals surface area contributed by atoms with Gasteiger partial charge in [-0.25, -0.2) is 0 Å². The third-order valence-corrected chi connectivity index (χ3v) is 4.63. The molecule has 1 heterocycles. The van der Waals surface area contributed by atoms with E-state index < -0.39 is 5.97 Å². The van der Waals surface area contributed by atoms with E-state index in [1.165, 1.54) is 0 Å². The van der Waals surface area contributed by atoms with Crippen molar-refractivity contribution in [1.29, 1.82) is 0 Å². The predicted molar refractivity (Wildman–Crippen MR) is 107 cm³/mol. The third-order valence-electron chi connectivity index (χ3n) is 4.63. The summed E-state index contributed by atoms with van der Waals surface area (Å²) in [5.74, 6) is 0.0994. The van der Waals surface area contributed by atoms with E-state index in [4.69, 9.17) is 14.2 Å². The fraction of sp³-hybridized carbons (Fsp3) is 0.455. The lowest BCUT2D eigenvalue weighted by atomic mass is 10.1. The molecule has 2 aromatic rings. The first-order chi connectivity index (χ1) is 13.4. The summed E-state index contributed by atoms with van der Waals surface area (Å²) in [5.41, 5.74) is 3.50. The van der Waals surface area contributed by atoms with E-state index in [0.717, 1.165) is 35.7 Å². The molecule has 0 bridgehead atoms. The van der Waals surface area contributed by atoms with Crippen LogP contribution in [0, 0.1) is 20.8 Å². The quantitative estimate of drug-likeness (QED) is 0.334. The van der Waals surface area contributed by atoms with Crippen molar-refractivity contribution >= 4 is 11.8 Å². The number of rotatable bonds is 11. The van der Waals surface area contributed by atoms with Crippen molar-refractivity contribution in [3.8, 4) is 5.75 Å². The highest BCUT2D eigenvalue weighted by molar-refractivity contribution is 5.99. The minimum Gasteiger partial charge on any atom is -0.493 e. The standard InChI is InChI=1S/C22H29NO5/c1-16-8-5-6-9-21(16)27-13-10-22(25)28-15-20(24)19-14-17(2)23(18(19)3)11-7-12-26-4/h5-6,8-9,14H,7,10-13,15H2,1-4H3. The molecule has 2 rings (SSSR count). The summed E-state index contributed by atoms with van der Waals surface area (Å²) in [6.45, 7) is 7.23. The first-order valence-electron chi connectivity index (χ1n) is 9.47. The predicted octanol–water partition coefficient (Wildman–Crippen LogP) is 3.64. The van der Waals surface area contributed by atoms with Gasteiger partial charge in [0.1, 0.15) is 5.75 Å². The Kier molecular flexibility index (Phi) is 8.26. The Morgan fingerprint density at radius 3 is 2.54 bits per heavy atom. The number of carbonyl (C=O) groups excluding carboxylic acids is 2. The molecule has 0 atom stereocenters. The number of Topliss-reactive ketones (excluding diaryl/α,β-unsaturated/α-hetero) is 1. The van der Waals surface area contributed by atoms with Gasteiger partial charge in [0.15, 0.2) is 6.61 Å². The second-order valence-corrected chi connectivity index (χ2v) is 6.73. The van der Waals surface area contributed by atoms with Crippen molar-refractivity contribution in [3.63, 3.8) is 0 Å². The highest BCUT2D eigenvalue weighted by Gasteiger charge is 2.17. The van der Waals surface area contributed by atoms with E-state index in [1.807, 2.05) is 51.1 Å². The molecule has 6 heteroatoms. The SMILES string of the molecule is COCCCn1c(C)cc(C(=O)COC(=O)CCOc2ccccc2C)c1C. The summed E-state index contributed by atoms with van der Waals surface area (Å²) in [6.07, 6.45) is 0.966. The van der Waals surface area contributed by atoms with Crippen LogP contribution in [0.2, 0.25) is 0 Å². The zero-order valence-corrected chi connectivity index (χ0v) is 17.1. The molecule has 0 spiro atoms. The van der Waals surface area contributed by atoms with E-state index in [0.29, 0.717) is 12.2 Å². The molecule has 0 aliphatic carbocycles. The molecular formula is C22H29NO5. The van der Waals surface area contributed by atoms with Crippen LogP contribution in [0.25, 0.3) is 0 Å². The van der Waals surface area contributed by atoms with Gasteiger partial charge in [-0.15, -0.1) is 0 Å². The number of hydrogen-bond donors (Lipinski definition) is 0. The number of benzene rings is 1. The van der Waals surface area contributed by atoms with E-state index in [9.17, 15) is 9.59 Å². The fourth-order valence-electron chi connectivity index (χ4n) is 3.05. The average molecular weight is 387 g/mol. The monoisotopic (exact) mass is 387 g/mol. The lowest BCUT2D eigenvalue weighted by molar-refractivity contribution is -0.143. The number of esters is 1. The smallest absolute Gasteiger partial charge is 0.309 e. The zero-order valence-electron chi connectivity index (χ0n) is 17.1. The third kappa shape index (κ3) is 5.96. The van der Waals surface area contributed by atoms with Gasteiger partial charge in [0.25, 0.3) is 0 Å². The molecule has 28 heavy (non-hydrogen) atoms. The number of hydrogen-bond acceptors (Lipinski definition) is 5.